The number of nitrogens with zero attached hydrogens (tertiary/aromatic N) is 6. The number of aromatic nitrogens is 5. The fourth-order valence-electron chi connectivity index (χ4n) is 6.69. The normalized spacial score (nSPS) is 11.3. The highest BCUT2D eigenvalue weighted by Crippen LogP contribution is 2.37. The van der Waals surface area contributed by atoms with E-state index in [0.29, 0.717) is 0 Å². The first kappa shape index (κ1) is 28.4. The molecule has 3 heterocycles. The van der Waals surface area contributed by atoms with E-state index in [9.17, 15) is 0 Å². The van der Waals surface area contributed by atoms with Crippen molar-refractivity contribution in [2.24, 2.45) is 0 Å². The minimum atomic E-state index is 0.718. The molecule has 0 bridgehead atoms. The van der Waals surface area contributed by atoms with Gasteiger partial charge in [-0.2, -0.15) is 0 Å². The summed E-state index contributed by atoms with van der Waals surface area (Å²) in [7, 11) is 0. The molecule has 0 N–H and O–H groups in total. The molecule has 232 valence electrons. The van der Waals surface area contributed by atoms with E-state index in [2.05, 4.69) is 160 Å². The lowest BCUT2D eigenvalue weighted by atomic mass is 10.1. The maximum Gasteiger partial charge on any atom is 0.170 e. The second-order valence-electron chi connectivity index (χ2n) is 11.8. The summed E-state index contributed by atoms with van der Waals surface area (Å²) in [5.74, 6) is 2.31. The minimum Gasteiger partial charge on any atom is -0.310 e. The Balaban J connectivity index is 1.16. The zero-order valence-electron chi connectivity index (χ0n) is 26.5. The molecule has 0 radical (unpaired) electrons. The quantitative estimate of drug-likeness (QED) is 0.176. The van der Waals surface area contributed by atoms with Crippen LogP contribution in [0.15, 0.2) is 182 Å². The average Bonchev–Trinajstić information content (AvgIpc) is 3.77. The summed E-state index contributed by atoms with van der Waals surface area (Å²) in [6, 6.07) is 60.7. The van der Waals surface area contributed by atoms with Gasteiger partial charge < -0.3 is 4.90 Å². The first-order chi connectivity index (χ1) is 24.3. The van der Waals surface area contributed by atoms with Gasteiger partial charge in [0.05, 0.1) is 11.0 Å². The SMILES string of the molecule is c1ccc(N(c2ccccc2)c2cccc(-c3nnc(-c4ccc(-n5c6ccccc6c6ccccc65)nc4)n3-c3ccccc3)c2)cc1. The van der Waals surface area contributed by atoms with Gasteiger partial charge >= 0.3 is 0 Å². The second kappa shape index (κ2) is 12.1. The van der Waals surface area contributed by atoms with E-state index in [1.54, 1.807) is 0 Å². The Morgan fingerprint density at radius 2 is 0.939 bits per heavy atom. The van der Waals surface area contributed by atoms with E-state index in [0.717, 1.165) is 62.4 Å². The Morgan fingerprint density at radius 3 is 1.53 bits per heavy atom. The van der Waals surface area contributed by atoms with Gasteiger partial charge in [0, 0.05) is 50.8 Å². The van der Waals surface area contributed by atoms with Crippen LogP contribution >= 0.6 is 0 Å². The van der Waals surface area contributed by atoms with E-state index in [-0.39, 0.29) is 0 Å². The summed E-state index contributed by atoms with van der Waals surface area (Å²) in [5, 5.41) is 12.0. The molecule has 0 aliphatic rings. The third-order valence-corrected chi connectivity index (χ3v) is 8.88. The summed E-state index contributed by atoms with van der Waals surface area (Å²) >= 11 is 0. The molecule has 6 nitrogen and oxygen atoms in total. The molecule has 0 atom stereocenters. The molecule has 0 saturated carbocycles. The van der Waals surface area contributed by atoms with Crippen molar-refractivity contribution in [3.05, 3.63) is 182 Å². The Hall–Kier alpha value is -6.79. The summed E-state index contributed by atoms with van der Waals surface area (Å²) in [5.41, 5.74) is 8.21. The number of hydrogen-bond donors (Lipinski definition) is 0. The molecular formula is C43H30N6. The molecule has 0 aliphatic carbocycles. The molecule has 9 rings (SSSR count). The minimum absolute atomic E-state index is 0.718. The molecule has 49 heavy (non-hydrogen) atoms. The van der Waals surface area contributed by atoms with Gasteiger partial charge in [-0.3, -0.25) is 9.13 Å². The first-order valence-electron chi connectivity index (χ1n) is 16.3. The van der Waals surface area contributed by atoms with E-state index >= 15 is 0 Å². The monoisotopic (exact) mass is 630 g/mol. The van der Waals surface area contributed by atoms with E-state index in [1.165, 1.54) is 10.8 Å². The van der Waals surface area contributed by atoms with Gasteiger partial charge in [-0.05, 0) is 72.8 Å². The fraction of sp³-hybridized carbons (Fsp3) is 0. The first-order valence-corrected chi connectivity index (χ1v) is 16.3. The summed E-state index contributed by atoms with van der Waals surface area (Å²) in [6.45, 7) is 0. The Kier molecular flexibility index (Phi) is 7.02. The van der Waals surface area contributed by atoms with Crippen molar-refractivity contribution in [1.29, 1.82) is 0 Å². The van der Waals surface area contributed by atoms with Gasteiger partial charge in [0.15, 0.2) is 11.6 Å². The lowest BCUT2D eigenvalue weighted by molar-refractivity contribution is 1.05. The maximum atomic E-state index is 4.99. The molecule has 0 amide bonds. The molecule has 0 saturated heterocycles. The Morgan fingerprint density at radius 1 is 0.408 bits per heavy atom. The lowest BCUT2D eigenvalue weighted by Gasteiger charge is -2.25. The third-order valence-electron chi connectivity index (χ3n) is 8.88. The van der Waals surface area contributed by atoms with Crippen molar-refractivity contribution >= 4 is 38.9 Å². The van der Waals surface area contributed by atoms with Gasteiger partial charge in [-0.25, -0.2) is 4.98 Å². The molecule has 6 heteroatoms. The molecule has 0 aliphatic heterocycles. The summed E-state index contributed by atoms with van der Waals surface area (Å²) in [6.07, 6.45) is 1.90. The molecule has 0 unspecified atom stereocenters. The van der Waals surface area contributed by atoms with Gasteiger partial charge in [-0.1, -0.05) is 103 Å². The summed E-state index contributed by atoms with van der Waals surface area (Å²) in [4.78, 5) is 7.25. The topological polar surface area (TPSA) is 51.8 Å². The predicted octanol–water partition coefficient (Wildman–Crippen LogP) is 10.6. The largest absolute Gasteiger partial charge is 0.310 e. The molecule has 0 fully saturated rings. The van der Waals surface area contributed by atoms with E-state index < -0.39 is 0 Å². The number of para-hydroxylation sites is 5. The van der Waals surface area contributed by atoms with E-state index in [1.807, 2.05) is 36.5 Å². The fourth-order valence-corrected chi connectivity index (χ4v) is 6.69. The van der Waals surface area contributed by atoms with Crippen molar-refractivity contribution in [1.82, 2.24) is 24.3 Å². The molecule has 3 aromatic heterocycles. The Labute approximate surface area is 283 Å². The number of anilines is 3. The molecule has 9 aromatic rings. The van der Waals surface area contributed by atoms with Gasteiger partial charge in [0.25, 0.3) is 0 Å². The van der Waals surface area contributed by atoms with Crippen LogP contribution in [0.2, 0.25) is 0 Å². The number of benzene rings is 6. The highest BCUT2D eigenvalue weighted by atomic mass is 15.3. The van der Waals surface area contributed by atoms with Gasteiger partial charge in [0.1, 0.15) is 5.82 Å². The maximum absolute atomic E-state index is 4.99. The van der Waals surface area contributed by atoms with Crippen LogP contribution in [0.4, 0.5) is 17.1 Å². The van der Waals surface area contributed by atoms with Crippen LogP contribution in [0.3, 0.4) is 0 Å². The van der Waals surface area contributed by atoms with Crippen molar-refractivity contribution < 1.29 is 0 Å². The van der Waals surface area contributed by atoms with Gasteiger partial charge in [-0.15, -0.1) is 10.2 Å². The van der Waals surface area contributed by atoms with Crippen molar-refractivity contribution in [2.75, 3.05) is 4.90 Å². The highest BCUT2D eigenvalue weighted by molar-refractivity contribution is 6.09. The number of fused-ring (bicyclic) bond motifs is 3. The number of pyridine rings is 1. The van der Waals surface area contributed by atoms with Crippen LogP contribution in [-0.2, 0) is 0 Å². The van der Waals surface area contributed by atoms with Crippen LogP contribution in [0.1, 0.15) is 0 Å². The average molecular weight is 631 g/mol. The lowest BCUT2D eigenvalue weighted by Crippen LogP contribution is -2.10. The van der Waals surface area contributed by atoms with Crippen LogP contribution in [0.25, 0.3) is 56.1 Å². The standard InChI is InChI=1S/C43H30N6/c1-4-16-33(17-5-1)47(34-18-6-2-7-19-34)36-22-14-15-31(29-36)42-45-46-43(48(42)35-20-8-3-9-21-35)32-27-28-41(44-30-32)49-39-25-12-10-23-37(39)38-24-11-13-26-40(38)49/h1-30H. The zero-order chi connectivity index (χ0) is 32.6. The predicted molar refractivity (Wildman–Crippen MR) is 199 cm³/mol. The number of hydrogen-bond acceptors (Lipinski definition) is 4. The smallest absolute Gasteiger partial charge is 0.170 e. The van der Waals surface area contributed by atoms with Crippen LogP contribution in [0.5, 0.6) is 0 Å². The molecule has 0 spiro atoms. The zero-order valence-corrected chi connectivity index (χ0v) is 26.5. The molecular weight excluding hydrogens is 601 g/mol. The molecule has 6 aromatic carbocycles. The van der Waals surface area contributed by atoms with Crippen molar-refractivity contribution in [3.63, 3.8) is 0 Å². The third kappa shape index (κ3) is 5.03. The van der Waals surface area contributed by atoms with E-state index in [4.69, 9.17) is 15.2 Å². The van der Waals surface area contributed by atoms with Crippen LogP contribution in [-0.4, -0.2) is 24.3 Å². The van der Waals surface area contributed by atoms with Crippen molar-refractivity contribution in [2.45, 2.75) is 0 Å². The highest BCUT2D eigenvalue weighted by Gasteiger charge is 2.20. The summed E-state index contributed by atoms with van der Waals surface area (Å²) < 4.78 is 4.34. The Bertz CT molecular complexity index is 2440. The van der Waals surface area contributed by atoms with Crippen molar-refractivity contribution in [3.8, 4) is 34.3 Å². The second-order valence-corrected chi connectivity index (χ2v) is 11.8. The van der Waals surface area contributed by atoms with Crippen LogP contribution < -0.4 is 4.90 Å². The van der Waals surface area contributed by atoms with Gasteiger partial charge in [0.2, 0.25) is 0 Å². The number of rotatable bonds is 7. The van der Waals surface area contributed by atoms with Crippen LogP contribution in [0, 0.1) is 0 Å².